The molecule has 4 nitrogen and oxygen atoms in total. The van der Waals surface area contributed by atoms with Gasteiger partial charge in [-0.15, -0.1) is 6.58 Å². The van der Waals surface area contributed by atoms with Crippen molar-refractivity contribution in [3.63, 3.8) is 0 Å². The Bertz CT molecular complexity index is 728. The highest BCUT2D eigenvalue weighted by atomic mass is 16.6. The van der Waals surface area contributed by atoms with E-state index < -0.39 is 0 Å². The van der Waals surface area contributed by atoms with E-state index in [1.165, 1.54) is 11.1 Å². The summed E-state index contributed by atoms with van der Waals surface area (Å²) in [6, 6.07) is 4.75. The molecule has 1 N–H and O–H groups in total. The molecular weight excluding hydrogens is 302 g/mol. The van der Waals surface area contributed by atoms with E-state index in [1.54, 1.807) is 13.2 Å². The molecule has 1 aromatic carbocycles. The first-order chi connectivity index (χ1) is 11.8. The molecule has 5 rings (SSSR count). The van der Waals surface area contributed by atoms with Crippen molar-refractivity contribution in [2.45, 2.75) is 36.5 Å². The Hall–Kier alpha value is -1.78. The molecule has 1 spiro atoms. The third-order valence-electron chi connectivity index (χ3n) is 6.27. The van der Waals surface area contributed by atoms with Gasteiger partial charge in [-0.1, -0.05) is 24.3 Å². The van der Waals surface area contributed by atoms with Crippen molar-refractivity contribution in [1.29, 1.82) is 0 Å². The van der Waals surface area contributed by atoms with Gasteiger partial charge in [0.25, 0.3) is 0 Å². The Labute approximate surface area is 142 Å². The van der Waals surface area contributed by atoms with Crippen LogP contribution in [0.25, 0.3) is 0 Å². The highest BCUT2D eigenvalue weighted by Gasteiger charge is 2.63. The molecule has 2 aliphatic carbocycles. The van der Waals surface area contributed by atoms with Crippen molar-refractivity contribution >= 4 is 0 Å². The van der Waals surface area contributed by atoms with E-state index >= 15 is 0 Å². The minimum atomic E-state index is -0.0407. The minimum Gasteiger partial charge on any atom is -0.493 e. The summed E-state index contributed by atoms with van der Waals surface area (Å²) >= 11 is 0. The third-order valence-corrected chi connectivity index (χ3v) is 6.27. The quantitative estimate of drug-likeness (QED) is 0.863. The Kier molecular flexibility index (Phi) is 3.10. The molecule has 0 amide bonds. The topological polar surface area (TPSA) is 39.7 Å². The Morgan fingerprint density at radius 2 is 2.33 bits per heavy atom. The predicted octanol–water partition coefficient (Wildman–Crippen LogP) is 2.37. The van der Waals surface area contributed by atoms with Crippen molar-refractivity contribution in [2.75, 3.05) is 20.3 Å². The lowest BCUT2D eigenvalue weighted by Crippen LogP contribution is -2.64. The maximum atomic E-state index is 6.55. The van der Waals surface area contributed by atoms with Crippen LogP contribution in [0.4, 0.5) is 0 Å². The smallest absolute Gasteiger partial charge is 0.165 e. The second-order valence-corrected chi connectivity index (χ2v) is 7.22. The van der Waals surface area contributed by atoms with E-state index in [0.29, 0.717) is 18.6 Å². The summed E-state index contributed by atoms with van der Waals surface area (Å²) in [4.78, 5) is 0. The van der Waals surface area contributed by atoms with Gasteiger partial charge in [-0.3, -0.25) is 0 Å². The average molecular weight is 325 g/mol. The molecule has 126 valence electrons. The highest BCUT2D eigenvalue weighted by Crippen LogP contribution is 2.61. The number of hydrogen-bond acceptors (Lipinski definition) is 4. The zero-order valence-electron chi connectivity index (χ0n) is 14.0. The van der Waals surface area contributed by atoms with Gasteiger partial charge in [-0.05, 0) is 31.0 Å². The first-order valence-electron chi connectivity index (χ1n) is 8.81. The molecule has 4 aliphatic rings. The van der Waals surface area contributed by atoms with E-state index in [-0.39, 0.29) is 17.6 Å². The number of benzene rings is 1. The van der Waals surface area contributed by atoms with Crippen LogP contribution < -0.4 is 14.8 Å². The summed E-state index contributed by atoms with van der Waals surface area (Å²) in [6.07, 6.45) is 8.46. The van der Waals surface area contributed by atoms with Gasteiger partial charge in [0.1, 0.15) is 12.2 Å². The number of hydrogen-bond donors (Lipinski definition) is 1. The van der Waals surface area contributed by atoms with Crippen molar-refractivity contribution in [2.24, 2.45) is 5.92 Å². The SMILES string of the molecule is C=CCOC1C=CC2[C@H]3Cc4ccc(OC)c5c4[C@@]2(CCN3)C1O5. The standard InChI is InChI=1S/C20H23NO3/c1-3-10-23-16-7-5-13-14-11-12-4-6-15(22-2)18-17(12)20(13,8-9-21-14)19(16)24-18/h3-7,13-14,16,19,21H,1,8-11H2,2H3/t13?,14-,16?,19?,20+/m1/s1. The van der Waals surface area contributed by atoms with Crippen LogP contribution in [0, 0.1) is 5.92 Å². The molecule has 2 heterocycles. The summed E-state index contributed by atoms with van der Waals surface area (Å²) in [7, 11) is 1.72. The minimum absolute atomic E-state index is 0.00790. The van der Waals surface area contributed by atoms with Crippen LogP contribution in [-0.2, 0) is 16.6 Å². The first kappa shape index (κ1) is 14.6. The van der Waals surface area contributed by atoms with Gasteiger partial charge in [0, 0.05) is 22.9 Å². The highest BCUT2D eigenvalue weighted by molar-refractivity contribution is 5.62. The van der Waals surface area contributed by atoms with E-state index in [0.717, 1.165) is 30.9 Å². The van der Waals surface area contributed by atoms with E-state index in [9.17, 15) is 0 Å². The Morgan fingerprint density at radius 3 is 3.17 bits per heavy atom. The van der Waals surface area contributed by atoms with Crippen molar-refractivity contribution < 1.29 is 14.2 Å². The number of nitrogens with one attached hydrogen (secondary N) is 1. The number of rotatable bonds is 4. The average Bonchev–Trinajstić information content (AvgIpc) is 2.94. The van der Waals surface area contributed by atoms with Crippen LogP contribution in [0.2, 0.25) is 0 Å². The molecule has 3 unspecified atom stereocenters. The second kappa shape index (κ2) is 5.11. The van der Waals surface area contributed by atoms with E-state index in [1.807, 2.05) is 6.07 Å². The molecule has 0 aromatic heterocycles. The normalized spacial score (nSPS) is 37.5. The van der Waals surface area contributed by atoms with Crippen molar-refractivity contribution in [1.82, 2.24) is 5.32 Å². The summed E-state index contributed by atoms with van der Waals surface area (Å²) in [5.41, 5.74) is 2.79. The molecule has 1 aromatic rings. The third kappa shape index (κ3) is 1.65. The molecule has 4 heteroatoms. The van der Waals surface area contributed by atoms with Crippen LogP contribution in [0.15, 0.2) is 36.9 Å². The summed E-state index contributed by atoms with van der Waals surface area (Å²) in [5, 5.41) is 3.72. The molecule has 1 saturated heterocycles. The van der Waals surface area contributed by atoms with Gasteiger partial charge in [0.05, 0.1) is 13.7 Å². The zero-order valence-corrected chi connectivity index (χ0v) is 14.0. The van der Waals surface area contributed by atoms with Gasteiger partial charge >= 0.3 is 0 Å². The van der Waals surface area contributed by atoms with Gasteiger partial charge in [0.2, 0.25) is 0 Å². The molecule has 1 fully saturated rings. The largest absolute Gasteiger partial charge is 0.493 e. The van der Waals surface area contributed by atoms with Crippen LogP contribution in [0.5, 0.6) is 11.5 Å². The summed E-state index contributed by atoms with van der Waals surface area (Å²) < 4.78 is 18.2. The molecule has 2 aliphatic heterocycles. The van der Waals surface area contributed by atoms with E-state index in [4.69, 9.17) is 14.2 Å². The second-order valence-electron chi connectivity index (χ2n) is 7.22. The fraction of sp³-hybridized carbons (Fsp3) is 0.500. The van der Waals surface area contributed by atoms with Gasteiger partial charge in [0.15, 0.2) is 11.5 Å². The van der Waals surface area contributed by atoms with Crippen LogP contribution in [0.3, 0.4) is 0 Å². The fourth-order valence-electron chi connectivity index (χ4n) is 5.43. The lowest BCUT2D eigenvalue weighted by Gasteiger charge is -2.54. The lowest BCUT2D eigenvalue weighted by atomic mass is 9.53. The maximum Gasteiger partial charge on any atom is 0.165 e. The first-order valence-corrected chi connectivity index (χ1v) is 8.81. The molecular formula is C20H23NO3. The van der Waals surface area contributed by atoms with Crippen LogP contribution in [-0.4, -0.2) is 38.5 Å². The lowest BCUT2D eigenvalue weighted by molar-refractivity contribution is -0.0457. The van der Waals surface area contributed by atoms with Gasteiger partial charge < -0.3 is 19.5 Å². The molecule has 0 saturated carbocycles. The Balaban J connectivity index is 1.71. The van der Waals surface area contributed by atoms with Crippen LogP contribution in [0.1, 0.15) is 17.5 Å². The van der Waals surface area contributed by atoms with Gasteiger partial charge in [-0.2, -0.15) is 0 Å². The van der Waals surface area contributed by atoms with Crippen molar-refractivity contribution in [3.8, 4) is 11.5 Å². The van der Waals surface area contributed by atoms with Gasteiger partial charge in [-0.25, -0.2) is 0 Å². The maximum absolute atomic E-state index is 6.55. The predicted molar refractivity (Wildman–Crippen MR) is 91.8 cm³/mol. The summed E-state index contributed by atoms with van der Waals surface area (Å²) in [6.45, 7) is 5.34. The number of piperidine rings is 1. The Morgan fingerprint density at radius 1 is 1.42 bits per heavy atom. The summed E-state index contributed by atoms with van der Waals surface area (Å²) in [5.74, 6) is 2.25. The monoisotopic (exact) mass is 325 g/mol. The molecule has 2 bridgehead atoms. The van der Waals surface area contributed by atoms with Crippen LogP contribution >= 0.6 is 0 Å². The number of methoxy groups -OCH3 is 1. The molecule has 0 radical (unpaired) electrons. The number of ether oxygens (including phenoxy) is 3. The fourth-order valence-corrected chi connectivity index (χ4v) is 5.43. The van der Waals surface area contributed by atoms with Crippen molar-refractivity contribution in [3.05, 3.63) is 48.1 Å². The molecule has 24 heavy (non-hydrogen) atoms. The zero-order chi connectivity index (χ0) is 16.3. The molecule has 5 atom stereocenters. The van der Waals surface area contributed by atoms with E-state index in [2.05, 4.69) is 30.1 Å².